The lowest BCUT2D eigenvalue weighted by Crippen LogP contribution is -2.38. The molecule has 20 heavy (non-hydrogen) atoms. The molecular weight excluding hydrogens is 320 g/mol. The first-order valence-corrected chi connectivity index (χ1v) is 7.55. The van der Waals surface area contributed by atoms with E-state index in [0.717, 1.165) is 21.2 Å². The van der Waals surface area contributed by atoms with E-state index in [1.165, 1.54) is 0 Å². The van der Waals surface area contributed by atoms with Crippen LogP contribution in [0.4, 0.5) is 0 Å². The van der Waals surface area contributed by atoms with Crippen LogP contribution in [0.25, 0.3) is 5.57 Å². The number of fused-ring (bicyclic) bond motifs is 2. The second kappa shape index (κ2) is 4.43. The third-order valence-corrected chi connectivity index (χ3v) is 4.77. The van der Waals surface area contributed by atoms with E-state index in [-0.39, 0.29) is 11.5 Å². The van der Waals surface area contributed by atoms with Gasteiger partial charge in [0.05, 0.1) is 5.57 Å². The Morgan fingerprint density at radius 2 is 1.95 bits per heavy atom. The van der Waals surface area contributed by atoms with Crippen molar-refractivity contribution in [2.24, 2.45) is 0 Å². The van der Waals surface area contributed by atoms with E-state index in [1.54, 1.807) is 0 Å². The molecule has 4 heteroatoms. The average molecular weight is 337 g/mol. The normalized spacial score (nSPS) is 29.2. The molecule has 1 saturated heterocycles. The molecule has 2 heterocycles. The highest BCUT2D eigenvalue weighted by Crippen LogP contribution is 2.46. The van der Waals surface area contributed by atoms with Crippen molar-refractivity contribution in [1.82, 2.24) is 0 Å². The molecule has 1 aromatic rings. The molecular formula is C16H17BrO3. The maximum Gasteiger partial charge on any atom is 0.195 e. The Balaban J connectivity index is 2.26. The Bertz CT molecular complexity index is 624. The number of hydrogen-bond acceptors (Lipinski definition) is 3. The van der Waals surface area contributed by atoms with E-state index < -0.39 is 11.7 Å². The van der Waals surface area contributed by atoms with Gasteiger partial charge in [0.25, 0.3) is 0 Å². The number of Topliss-reactive ketones (excluding diaryl/α,β-unsaturated/α-hetero) is 1. The van der Waals surface area contributed by atoms with Gasteiger partial charge in [0.15, 0.2) is 5.78 Å². The molecule has 2 unspecified atom stereocenters. The number of aryl methyl sites for hydroxylation is 2. The molecule has 1 aromatic carbocycles. The van der Waals surface area contributed by atoms with Crippen LogP contribution in [-0.2, 0) is 9.53 Å². The number of ether oxygens (including phenoxy) is 1. The highest BCUT2D eigenvalue weighted by atomic mass is 79.9. The second-order valence-corrected chi connectivity index (χ2v) is 6.79. The van der Waals surface area contributed by atoms with Crippen molar-refractivity contribution in [3.05, 3.63) is 39.1 Å². The molecule has 0 aromatic heterocycles. The van der Waals surface area contributed by atoms with E-state index >= 15 is 0 Å². The lowest BCUT2D eigenvalue weighted by Gasteiger charge is -2.31. The summed E-state index contributed by atoms with van der Waals surface area (Å²) in [7, 11) is 0. The minimum Gasteiger partial charge on any atom is -0.508 e. The number of ketones is 1. The molecule has 1 N–H and O–H groups in total. The summed E-state index contributed by atoms with van der Waals surface area (Å²) >= 11 is 3.46. The first kappa shape index (κ1) is 13.8. The molecule has 2 aliphatic heterocycles. The standard InChI is InChI=1S/C16H17BrO3/c1-8-6-10(17)7-9(2)12(8)13-14(18)11-4-5-16(3,20-11)15(13)19/h6-7,11,19H,4-5H2,1-3H3. The molecule has 0 amide bonds. The van der Waals surface area contributed by atoms with Gasteiger partial charge in [-0.3, -0.25) is 4.79 Å². The maximum absolute atomic E-state index is 12.6. The van der Waals surface area contributed by atoms with Gasteiger partial charge in [0.1, 0.15) is 17.5 Å². The van der Waals surface area contributed by atoms with Gasteiger partial charge < -0.3 is 9.84 Å². The smallest absolute Gasteiger partial charge is 0.195 e. The largest absolute Gasteiger partial charge is 0.508 e. The summed E-state index contributed by atoms with van der Waals surface area (Å²) in [6.45, 7) is 5.78. The lowest BCUT2D eigenvalue weighted by atomic mass is 9.87. The average Bonchev–Trinajstić information content (AvgIpc) is 2.72. The Kier molecular flexibility index (Phi) is 3.07. The van der Waals surface area contributed by atoms with E-state index in [1.807, 2.05) is 32.9 Å². The maximum atomic E-state index is 12.6. The molecule has 0 aliphatic carbocycles. The van der Waals surface area contributed by atoms with Gasteiger partial charge in [0, 0.05) is 4.47 Å². The van der Waals surface area contributed by atoms with Crippen LogP contribution in [0.1, 0.15) is 36.5 Å². The van der Waals surface area contributed by atoms with Crippen molar-refractivity contribution in [2.75, 3.05) is 0 Å². The van der Waals surface area contributed by atoms with Crippen LogP contribution in [0, 0.1) is 13.8 Å². The van der Waals surface area contributed by atoms with Gasteiger partial charge in [0.2, 0.25) is 0 Å². The fraction of sp³-hybridized carbons (Fsp3) is 0.438. The highest BCUT2D eigenvalue weighted by molar-refractivity contribution is 9.10. The Morgan fingerprint density at radius 3 is 2.55 bits per heavy atom. The molecule has 3 nitrogen and oxygen atoms in total. The molecule has 1 fully saturated rings. The zero-order valence-electron chi connectivity index (χ0n) is 11.8. The van der Waals surface area contributed by atoms with E-state index in [4.69, 9.17) is 4.74 Å². The summed E-state index contributed by atoms with van der Waals surface area (Å²) in [6, 6.07) is 3.94. The quantitative estimate of drug-likeness (QED) is 0.847. The Labute approximate surface area is 126 Å². The summed E-state index contributed by atoms with van der Waals surface area (Å²) in [4.78, 5) is 12.6. The number of benzene rings is 1. The number of rotatable bonds is 1. The van der Waals surface area contributed by atoms with Crippen molar-refractivity contribution in [3.8, 4) is 0 Å². The predicted molar refractivity (Wildman–Crippen MR) is 80.7 cm³/mol. The number of hydrogen-bond donors (Lipinski definition) is 1. The minimum atomic E-state index is -0.708. The summed E-state index contributed by atoms with van der Waals surface area (Å²) in [6.07, 6.45) is 0.957. The van der Waals surface area contributed by atoms with Gasteiger partial charge in [-0.25, -0.2) is 0 Å². The third kappa shape index (κ3) is 1.85. The highest BCUT2D eigenvalue weighted by Gasteiger charge is 2.50. The van der Waals surface area contributed by atoms with Crippen LogP contribution in [0.2, 0.25) is 0 Å². The van der Waals surface area contributed by atoms with Gasteiger partial charge in [-0.2, -0.15) is 0 Å². The van der Waals surface area contributed by atoms with Crippen LogP contribution in [0.5, 0.6) is 0 Å². The van der Waals surface area contributed by atoms with E-state index in [2.05, 4.69) is 15.9 Å². The van der Waals surface area contributed by atoms with E-state index in [9.17, 15) is 9.90 Å². The molecule has 3 rings (SSSR count). The predicted octanol–water partition coefficient (Wildman–Crippen LogP) is 3.86. The fourth-order valence-electron chi connectivity index (χ4n) is 3.29. The molecule has 0 saturated carbocycles. The van der Waals surface area contributed by atoms with Gasteiger partial charge >= 0.3 is 0 Å². The molecule has 2 aliphatic rings. The topological polar surface area (TPSA) is 46.5 Å². The van der Waals surface area contributed by atoms with Gasteiger partial charge in [-0.05, 0) is 62.4 Å². The zero-order chi connectivity index (χ0) is 14.7. The van der Waals surface area contributed by atoms with Crippen LogP contribution in [-0.4, -0.2) is 22.6 Å². The Hall–Kier alpha value is -1.13. The van der Waals surface area contributed by atoms with Crippen LogP contribution >= 0.6 is 15.9 Å². The number of carbonyl (C=O) groups excluding carboxylic acids is 1. The fourth-order valence-corrected chi connectivity index (χ4v) is 3.97. The number of aliphatic hydroxyl groups excluding tert-OH is 1. The first-order valence-electron chi connectivity index (χ1n) is 6.76. The minimum absolute atomic E-state index is 0.0878. The SMILES string of the molecule is Cc1cc(Br)cc(C)c1C1=C(O)C2(C)CCC(O2)C1=O. The summed E-state index contributed by atoms with van der Waals surface area (Å²) in [5.74, 6) is -0.00392. The molecule has 0 spiro atoms. The summed E-state index contributed by atoms with van der Waals surface area (Å²) in [5.41, 5.74) is 2.55. The van der Waals surface area contributed by atoms with Gasteiger partial charge in [-0.1, -0.05) is 15.9 Å². The van der Waals surface area contributed by atoms with Gasteiger partial charge in [-0.15, -0.1) is 0 Å². The molecule has 106 valence electrons. The summed E-state index contributed by atoms with van der Waals surface area (Å²) < 4.78 is 6.67. The zero-order valence-corrected chi connectivity index (χ0v) is 13.4. The van der Waals surface area contributed by atoms with Crippen molar-refractivity contribution in [3.63, 3.8) is 0 Å². The van der Waals surface area contributed by atoms with Crippen LogP contribution in [0.3, 0.4) is 0 Å². The number of aliphatic hydroxyl groups is 1. The Morgan fingerprint density at radius 1 is 1.35 bits per heavy atom. The molecule has 2 bridgehead atoms. The van der Waals surface area contributed by atoms with Crippen LogP contribution in [0.15, 0.2) is 22.4 Å². The first-order chi connectivity index (χ1) is 9.33. The second-order valence-electron chi connectivity index (χ2n) is 5.88. The van der Waals surface area contributed by atoms with Crippen molar-refractivity contribution >= 4 is 27.3 Å². The number of halogens is 1. The van der Waals surface area contributed by atoms with Crippen molar-refractivity contribution in [1.29, 1.82) is 0 Å². The van der Waals surface area contributed by atoms with Crippen molar-refractivity contribution < 1.29 is 14.6 Å². The van der Waals surface area contributed by atoms with E-state index in [0.29, 0.717) is 18.4 Å². The summed E-state index contributed by atoms with van der Waals surface area (Å²) in [5, 5.41) is 10.6. The molecule has 2 atom stereocenters. The molecule has 0 radical (unpaired) electrons. The third-order valence-electron chi connectivity index (χ3n) is 4.31. The monoisotopic (exact) mass is 336 g/mol. The lowest BCUT2D eigenvalue weighted by molar-refractivity contribution is -0.130. The van der Waals surface area contributed by atoms with Crippen molar-refractivity contribution in [2.45, 2.75) is 45.3 Å². The number of carbonyl (C=O) groups is 1. The van der Waals surface area contributed by atoms with Crippen LogP contribution < -0.4 is 0 Å².